The average Bonchev–Trinajstić information content (AvgIpc) is 3.09. The Morgan fingerprint density at radius 2 is 1.76 bits per heavy atom. The van der Waals surface area contributed by atoms with Crippen molar-refractivity contribution in [3.63, 3.8) is 0 Å². The number of halogens is 4. The van der Waals surface area contributed by atoms with Gasteiger partial charge in [0, 0.05) is 45.5 Å². The molecule has 0 aromatic carbocycles. The predicted octanol–water partition coefficient (Wildman–Crippen LogP) is 2.61. The van der Waals surface area contributed by atoms with Crippen LogP contribution in [-0.2, 0) is 11.0 Å². The van der Waals surface area contributed by atoms with Gasteiger partial charge in [0.1, 0.15) is 5.82 Å². The average molecular weight is 421 g/mol. The molecule has 0 bridgehead atoms. The SMILES string of the molecule is O=C(CN1CCN(c2ncc(C(F)(F)F)cc2Br)CC1)N1CCCC1. The van der Waals surface area contributed by atoms with Crippen molar-refractivity contribution < 1.29 is 18.0 Å². The standard InChI is InChI=1S/C16H20BrF3N4O/c17-13-9-12(16(18,19)20)10-21-15(13)24-7-5-22(6-8-24)11-14(25)23-3-1-2-4-23/h9-10H,1-8,11H2. The monoisotopic (exact) mass is 420 g/mol. The second-order valence-electron chi connectivity index (χ2n) is 6.38. The number of carbonyl (C=O) groups is 1. The van der Waals surface area contributed by atoms with Gasteiger partial charge in [-0.2, -0.15) is 13.2 Å². The number of nitrogens with zero attached hydrogens (tertiary/aromatic N) is 4. The van der Waals surface area contributed by atoms with Crippen LogP contribution in [0.5, 0.6) is 0 Å². The van der Waals surface area contributed by atoms with Crippen LogP contribution in [0.25, 0.3) is 0 Å². The molecule has 0 aliphatic carbocycles. The summed E-state index contributed by atoms with van der Waals surface area (Å²) in [6.45, 7) is 4.75. The van der Waals surface area contributed by atoms with E-state index in [2.05, 4.69) is 25.8 Å². The van der Waals surface area contributed by atoms with E-state index in [1.807, 2.05) is 9.80 Å². The zero-order valence-corrected chi connectivity index (χ0v) is 15.3. The number of hydrogen-bond donors (Lipinski definition) is 0. The first-order valence-electron chi connectivity index (χ1n) is 8.32. The Labute approximate surface area is 152 Å². The van der Waals surface area contributed by atoms with Crippen LogP contribution < -0.4 is 4.90 Å². The predicted molar refractivity (Wildman–Crippen MR) is 91.4 cm³/mol. The van der Waals surface area contributed by atoms with E-state index in [1.54, 1.807) is 0 Å². The molecule has 0 radical (unpaired) electrons. The Morgan fingerprint density at radius 3 is 2.32 bits per heavy atom. The number of alkyl halides is 3. The van der Waals surface area contributed by atoms with E-state index in [1.165, 1.54) is 0 Å². The van der Waals surface area contributed by atoms with E-state index >= 15 is 0 Å². The topological polar surface area (TPSA) is 39.7 Å². The summed E-state index contributed by atoms with van der Waals surface area (Å²) in [7, 11) is 0. The highest BCUT2D eigenvalue weighted by Crippen LogP contribution is 2.33. The number of hydrogen-bond acceptors (Lipinski definition) is 4. The van der Waals surface area contributed by atoms with Gasteiger partial charge in [0.25, 0.3) is 0 Å². The molecule has 1 aromatic heterocycles. The molecule has 2 fully saturated rings. The fourth-order valence-corrected chi connectivity index (χ4v) is 3.79. The van der Waals surface area contributed by atoms with Gasteiger partial charge in [-0.1, -0.05) is 0 Å². The van der Waals surface area contributed by atoms with Crippen molar-refractivity contribution in [1.82, 2.24) is 14.8 Å². The van der Waals surface area contributed by atoms with Crippen molar-refractivity contribution >= 4 is 27.7 Å². The third kappa shape index (κ3) is 4.44. The number of carbonyl (C=O) groups excluding carboxylic acids is 1. The van der Waals surface area contributed by atoms with Gasteiger partial charge >= 0.3 is 6.18 Å². The molecule has 1 aromatic rings. The van der Waals surface area contributed by atoms with Crippen LogP contribution in [0.2, 0.25) is 0 Å². The molecule has 0 saturated carbocycles. The molecule has 3 rings (SSSR count). The highest BCUT2D eigenvalue weighted by Gasteiger charge is 2.32. The molecule has 5 nitrogen and oxygen atoms in total. The Bertz CT molecular complexity index is 626. The van der Waals surface area contributed by atoms with Gasteiger partial charge in [0.05, 0.1) is 16.6 Å². The minimum absolute atomic E-state index is 0.166. The zero-order valence-electron chi connectivity index (χ0n) is 13.7. The lowest BCUT2D eigenvalue weighted by atomic mass is 10.2. The smallest absolute Gasteiger partial charge is 0.353 e. The van der Waals surface area contributed by atoms with E-state index in [0.29, 0.717) is 43.0 Å². The molecule has 2 saturated heterocycles. The van der Waals surface area contributed by atoms with E-state index in [-0.39, 0.29) is 5.91 Å². The highest BCUT2D eigenvalue weighted by atomic mass is 79.9. The van der Waals surface area contributed by atoms with Crippen molar-refractivity contribution in [1.29, 1.82) is 0 Å². The van der Waals surface area contributed by atoms with E-state index in [9.17, 15) is 18.0 Å². The summed E-state index contributed by atoms with van der Waals surface area (Å²) in [5.41, 5.74) is -0.766. The van der Waals surface area contributed by atoms with Gasteiger partial charge in [0.2, 0.25) is 5.91 Å². The van der Waals surface area contributed by atoms with Gasteiger partial charge in [-0.3, -0.25) is 9.69 Å². The molecular weight excluding hydrogens is 401 g/mol. The van der Waals surface area contributed by atoms with Gasteiger partial charge in [-0.25, -0.2) is 4.98 Å². The van der Waals surface area contributed by atoms with Crippen molar-refractivity contribution in [3.8, 4) is 0 Å². The van der Waals surface area contributed by atoms with Crippen molar-refractivity contribution in [3.05, 3.63) is 22.3 Å². The summed E-state index contributed by atoms with van der Waals surface area (Å²) in [5.74, 6) is 0.679. The Morgan fingerprint density at radius 1 is 1.12 bits per heavy atom. The molecule has 138 valence electrons. The summed E-state index contributed by atoms with van der Waals surface area (Å²) in [4.78, 5) is 22.1. The maximum atomic E-state index is 12.7. The van der Waals surface area contributed by atoms with E-state index in [4.69, 9.17) is 0 Å². The Hall–Kier alpha value is -1.35. The van der Waals surface area contributed by atoms with Crippen molar-refractivity contribution in [2.24, 2.45) is 0 Å². The number of pyridine rings is 1. The van der Waals surface area contributed by atoms with Crippen LogP contribution in [0.4, 0.5) is 19.0 Å². The molecule has 2 aliphatic rings. The van der Waals surface area contributed by atoms with Crippen LogP contribution in [0.3, 0.4) is 0 Å². The van der Waals surface area contributed by atoms with Crippen LogP contribution in [-0.4, -0.2) is 66.5 Å². The molecule has 25 heavy (non-hydrogen) atoms. The molecule has 0 N–H and O–H groups in total. The maximum Gasteiger partial charge on any atom is 0.417 e. The highest BCUT2D eigenvalue weighted by molar-refractivity contribution is 9.10. The van der Waals surface area contributed by atoms with Crippen LogP contribution >= 0.6 is 15.9 Å². The summed E-state index contributed by atoms with van der Waals surface area (Å²) >= 11 is 3.20. The fraction of sp³-hybridized carbons (Fsp3) is 0.625. The molecule has 2 aliphatic heterocycles. The lowest BCUT2D eigenvalue weighted by Gasteiger charge is -2.36. The second kappa shape index (κ2) is 7.49. The van der Waals surface area contributed by atoms with Gasteiger partial charge in [-0.15, -0.1) is 0 Å². The van der Waals surface area contributed by atoms with Crippen LogP contribution in [0.15, 0.2) is 16.7 Å². The molecule has 0 unspecified atom stereocenters. The van der Waals surface area contributed by atoms with E-state index in [0.717, 1.165) is 38.2 Å². The molecule has 3 heterocycles. The first-order valence-corrected chi connectivity index (χ1v) is 9.12. The largest absolute Gasteiger partial charge is 0.417 e. The number of likely N-dealkylation sites (tertiary alicyclic amines) is 1. The number of amides is 1. The van der Waals surface area contributed by atoms with Crippen molar-refractivity contribution in [2.75, 3.05) is 50.7 Å². The Kier molecular flexibility index (Phi) is 5.52. The lowest BCUT2D eigenvalue weighted by molar-refractivity contribution is -0.137. The zero-order chi connectivity index (χ0) is 18.0. The first-order chi connectivity index (χ1) is 11.8. The van der Waals surface area contributed by atoms with Crippen molar-refractivity contribution in [2.45, 2.75) is 19.0 Å². The van der Waals surface area contributed by atoms with Gasteiger partial charge in [0.15, 0.2) is 0 Å². The summed E-state index contributed by atoms with van der Waals surface area (Å²) in [6, 6.07) is 1.06. The molecular formula is C16H20BrF3N4O. The number of rotatable bonds is 3. The minimum atomic E-state index is -4.40. The molecule has 9 heteroatoms. The fourth-order valence-electron chi connectivity index (χ4n) is 3.19. The number of anilines is 1. The quantitative estimate of drug-likeness (QED) is 0.753. The van der Waals surface area contributed by atoms with Gasteiger partial charge < -0.3 is 9.80 Å². The number of aromatic nitrogens is 1. The Balaban J connectivity index is 1.56. The molecule has 1 amide bonds. The van der Waals surface area contributed by atoms with Gasteiger partial charge in [-0.05, 0) is 34.8 Å². The normalized spacial score (nSPS) is 19.5. The molecule has 0 spiro atoms. The summed E-state index contributed by atoms with van der Waals surface area (Å²) < 4.78 is 38.5. The van der Waals surface area contributed by atoms with Crippen LogP contribution in [0, 0.1) is 0 Å². The summed E-state index contributed by atoms with van der Waals surface area (Å²) in [5, 5.41) is 0. The lowest BCUT2D eigenvalue weighted by Crippen LogP contribution is -2.50. The van der Waals surface area contributed by atoms with E-state index < -0.39 is 11.7 Å². The first kappa shape index (κ1) is 18.4. The maximum absolute atomic E-state index is 12.7. The molecule has 0 atom stereocenters. The summed E-state index contributed by atoms with van der Waals surface area (Å²) in [6.07, 6.45) is -1.38. The second-order valence-corrected chi connectivity index (χ2v) is 7.23. The minimum Gasteiger partial charge on any atom is -0.353 e. The third-order valence-electron chi connectivity index (χ3n) is 4.64. The third-order valence-corrected chi connectivity index (χ3v) is 5.22. The van der Waals surface area contributed by atoms with Crippen LogP contribution in [0.1, 0.15) is 18.4 Å². The number of piperazine rings is 1.